The van der Waals surface area contributed by atoms with Gasteiger partial charge < -0.3 is 15.5 Å². The van der Waals surface area contributed by atoms with Crippen molar-refractivity contribution in [3.63, 3.8) is 0 Å². The molecule has 0 bridgehead atoms. The Morgan fingerprint density at radius 1 is 1.24 bits per heavy atom. The van der Waals surface area contributed by atoms with E-state index in [0.29, 0.717) is 5.11 Å². The predicted molar refractivity (Wildman–Crippen MR) is 114 cm³/mol. The minimum absolute atomic E-state index is 0.421. The minimum Gasteiger partial charge on any atom is -0.361 e. The molecule has 1 atom stereocenters. The van der Waals surface area contributed by atoms with Crippen LogP contribution in [0, 0.1) is 0 Å². The highest BCUT2D eigenvalue weighted by atomic mass is 32.1. The van der Waals surface area contributed by atoms with Gasteiger partial charge in [-0.3, -0.25) is 4.99 Å². The summed E-state index contributed by atoms with van der Waals surface area (Å²) >= 11 is 5.46. The number of hydrogen-bond acceptors (Lipinski definition) is 3. The van der Waals surface area contributed by atoms with Crippen LogP contribution in [0.2, 0.25) is 0 Å². The van der Waals surface area contributed by atoms with Crippen molar-refractivity contribution in [2.75, 3.05) is 26.2 Å². The molecule has 0 aliphatic carbocycles. The van der Waals surface area contributed by atoms with Crippen LogP contribution in [0.5, 0.6) is 0 Å². The van der Waals surface area contributed by atoms with E-state index in [2.05, 4.69) is 59.5 Å². The lowest BCUT2D eigenvalue weighted by Crippen LogP contribution is -2.51. The molecule has 4 nitrogen and oxygen atoms in total. The predicted octanol–water partition coefficient (Wildman–Crippen LogP) is 3.60. The van der Waals surface area contributed by atoms with Gasteiger partial charge in [0.2, 0.25) is 0 Å². The molecule has 0 aromatic heterocycles. The van der Waals surface area contributed by atoms with E-state index >= 15 is 0 Å². The second-order valence-corrected chi connectivity index (χ2v) is 6.53. The molecule has 0 spiro atoms. The van der Waals surface area contributed by atoms with E-state index < -0.39 is 5.54 Å². The van der Waals surface area contributed by atoms with E-state index in [1.807, 2.05) is 38.3 Å². The van der Waals surface area contributed by atoms with Gasteiger partial charge in [0.05, 0.1) is 11.2 Å². The van der Waals surface area contributed by atoms with E-state index in [-0.39, 0.29) is 0 Å². The maximum Gasteiger partial charge on any atom is 0.167 e. The summed E-state index contributed by atoms with van der Waals surface area (Å²) in [5.74, 6) is 0. The van der Waals surface area contributed by atoms with E-state index in [4.69, 9.17) is 12.2 Å². The number of nitrogens with zero attached hydrogens (tertiary/aromatic N) is 2. The van der Waals surface area contributed by atoms with Gasteiger partial charge in [0, 0.05) is 19.3 Å². The van der Waals surface area contributed by atoms with E-state index in [1.54, 1.807) is 0 Å². The summed E-state index contributed by atoms with van der Waals surface area (Å²) in [5, 5.41) is 7.30. The SMILES string of the molecule is C/C=C\C1=C(/C=C\C)N=CC(C)(NC(=S)NCCN(CC)CC)C=C1. The standard InChI is InChI=1S/C20H32N4S/c1-6-10-17-12-13-20(5,16-22-18(17)11-7-2)23-19(25)21-14-15-24(8-3)9-4/h6-7,10-13,16H,8-9,14-15H2,1-5H3,(H2,21,23,25)/b10-6-,11-7-. The summed E-state index contributed by atoms with van der Waals surface area (Å²) in [4.78, 5) is 7.01. The molecule has 0 fully saturated rings. The Morgan fingerprint density at radius 3 is 2.52 bits per heavy atom. The average Bonchev–Trinajstić information content (AvgIpc) is 2.73. The summed E-state index contributed by atoms with van der Waals surface area (Å²) < 4.78 is 0. The maximum atomic E-state index is 5.46. The second kappa shape index (κ2) is 11.0. The first-order chi connectivity index (χ1) is 12.0. The number of likely N-dealkylation sites (N-methyl/N-ethyl adjacent to an activating group) is 1. The number of aliphatic imine (C=N–C) groups is 1. The van der Waals surface area contributed by atoms with Gasteiger partial charge in [-0.25, -0.2) is 0 Å². The van der Waals surface area contributed by atoms with Gasteiger partial charge in [0.25, 0.3) is 0 Å². The van der Waals surface area contributed by atoms with Gasteiger partial charge in [-0.15, -0.1) is 0 Å². The topological polar surface area (TPSA) is 39.7 Å². The van der Waals surface area contributed by atoms with Crippen LogP contribution < -0.4 is 10.6 Å². The summed E-state index contributed by atoms with van der Waals surface area (Å²) in [5.41, 5.74) is 1.61. The summed E-state index contributed by atoms with van der Waals surface area (Å²) in [6, 6.07) is 0. The number of nitrogens with one attached hydrogen (secondary N) is 2. The zero-order chi connectivity index (χ0) is 18.7. The minimum atomic E-state index is -0.421. The lowest BCUT2D eigenvalue weighted by Gasteiger charge is -2.25. The fourth-order valence-electron chi connectivity index (χ4n) is 2.52. The van der Waals surface area contributed by atoms with Crippen molar-refractivity contribution in [3.8, 4) is 0 Å². The highest BCUT2D eigenvalue weighted by Crippen LogP contribution is 2.18. The quantitative estimate of drug-likeness (QED) is 0.649. The van der Waals surface area contributed by atoms with Crippen LogP contribution in [0.25, 0.3) is 0 Å². The monoisotopic (exact) mass is 360 g/mol. The van der Waals surface area contributed by atoms with Crippen LogP contribution in [0.15, 0.2) is 52.7 Å². The lowest BCUT2D eigenvalue weighted by atomic mass is 10.0. The molecule has 5 heteroatoms. The third kappa shape index (κ3) is 7.36. The number of allylic oxidation sites excluding steroid dienone is 6. The number of thiocarbonyl (C=S) groups is 1. The summed E-state index contributed by atoms with van der Waals surface area (Å²) in [6.07, 6.45) is 14.2. The highest BCUT2D eigenvalue weighted by molar-refractivity contribution is 7.80. The fourth-order valence-corrected chi connectivity index (χ4v) is 2.84. The number of rotatable bonds is 8. The molecule has 0 aromatic carbocycles. The van der Waals surface area contributed by atoms with Crippen molar-refractivity contribution in [2.45, 2.75) is 40.2 Å². The number of hydrogen-bond donors (Lipinski definition) is 2. The second-order valence-electron chi connectivity index (χ2n) is 6.12. The summed E-state index contributed by atoms with van der Waals surface area (Å²) in [6.45, 7) is 14.3. The molecular formula is C20H32N4S. The molecule has 2 N–H and O–H groups in total. The molecule has 0 radical (unpaired) electrons. The first kappa shape index (κ1) is 21.3. The van der Waals surface area contributed by atoms with Crippen molar-refractivity contribution >= 4 is 23.5 Å². The molecule has 0 saturated carbocycles. The van der Waals surface area contributed by atoms with Gasteiger partial charge in [-0.2, -0.15) is 0 Å². The van der Waals surface area contributed by atoms with Crippen LogP contribution in [0.4, 0.5) is 0 Å². The molecule has 25 heavy (non-hydrogen) atoms. The maximum absolute atomic E-state index is 5.46. The van der Waals surface area contributed by atoms with Crippen molar-refractivity contribution < 1.29 is 0 Å². The van der Waals surface area contributed by atoms with E-state index in [9.17, 15) is 0 Å². The van der Waals surface area contributed by atoms with Gasteiger partial charge >= 0.3 is 0 Å². The molecule has 138 valence electrons. The largest absolute Gasteiger partial charge is 0.361 e. The Bertz CT molecular complexity index is 549. The van der Waals surface area contributed by atoms with Gasteiger partial charge in [0.1, 0.15) is 0 Å². The van der Waals surface area contributed by atoms with Crippen LogP contribution in [-0.4, -0.2) is 47.9 Å². The first-order valence-electron chi connectivity index (χ1n) is 9.00. The molecule has 0 saturated heterocycles. The average molecular weight is 361 g/mol. The Labute approximate surface area is 158 Å². The molecule has 1 aliphatic rings. The van der Waals surface area contributed by atoms with E-state index in [0.717, 1.165) is 37.4 Å². The van der Waals surface area contributed by atoms with Gasteiger partial charge in [-0.1, -0.05) is 44.2 Å². The van der Waals surface area contributed by atoms with Gasteiger partial charge in [0.15, 0.2) is 5.11 Å². The molecule has 0 amide bonds. The van der Waals surface area contributed by atoms with Crippen LogP contribution in [-0.2, 0) is 0 Å². The normalized spacial score (nSPS) is 20.7. The zero-order valence-corrected chi connectivity index (χ0v) is 17.0. The fraction of sp³-hybridized carbons (Fsp3) is 0.500. The Morgan fingerprint density at radius 2 is 1.92 bits per heavy atom. The van der Waals surface area contributed by atoms with Gasteiger partial charge in [-0.05, 0) is 57.7 Å². The third-order valence-corrected chi connectivity index (χ3v) is 4.28. The Hall–Kier alpha value is -1.72. The van der Waals surface area contributed by atoms with Crippen molar-refractivity contribution in [2.24, 2.45) is 4.99 Å². The lowest BCUT2D eigenvalue weighted by molar-refractivity contribution is 0.308. The molecule has 1 heterocycles. The molecule has 0 aromatic rings. The Balaban J connectivity index is 2.71. The van der Waals surface area contributed by atoms with Crippen LogP contribution >= 0.6 is 12.2 Å². The Kier molecular flexibility index (Phi) is 9.39. The van der Waals surface area contributed by atoms with Crippen LogP contribution in [0.3, 0.4) is 0 Å². The van der Waals surface area contributed by atoms with Crippen LogP contribution in [0.1, 0.15) is 34.6 Å². The van der Waals surface area contributed by atoms with E-state index in [1.165, 1.54) is 0 Å². The molecule has 1 unspecified atom stereocenters. The van der Waals surface area contributed by atoms with Crippen molar-refractivity contribution in [3.05, 3.63) is 47.7 Å². The van der Waals surface area contributed by atoms with Crippen molar-refractivity contribution in [1.82, 2.24) is 15.5 Å². The summed E-state index contributed by atoms with van der Waals surface area (Å²) in [7, 11) is 0. The molecule has 1 aliphatic heterocycles. The molecular weight excluding hydrogens is 328 g/mol. The first-order valence-corrected chi connectivity index (χ1v) is 9.41. The highest BCUT2D eigenvalue weighted by Gasteiger charge is 2.21. The molecule has 1 rings (SSSR count). The smallest absolute Gasteiger partial charge is 0.167 e. The third-order valence-electron chi connectivity index (χ3n) is 4.04. The zero-order valence-electron chi connectivity index (χ0n) is 16.2. The van der Waals surface area contributed by atoms with Crippen molar-refractivity contribution in [1.29, 1.82) is 0 Å².